The van der Waals surface area contributed by atoms with Crippen LogP contribution in [0.5, 0.6) is 0 Å². The normalized spacial score (nSPS) is 11.6. The van der Waals surface area contributed by atoms with E-state index in [0.717, 1.165) is 16.9 Å². The molecule has 140 valence electrons. The van der Waals surface area contributed by atoms with Crippen molar-refractivity contribution in [1.82, 2.24) is 10.4 Å². The summed E-state index contributed by atoms with van der Waals surface area (Å²) in [6.45, 7) is 3.48. The maximum atomic E-state index is 12.4. The van der Waals surface area contributed by atoms with E-state index in [1.54, 1.807) is 31.2 Å². The molecule has 8 nitrogen and oxygen atoms in total. The molecule has 0 aliphatic heterocycles. The summed E-state index contributed by atoms with van der Waals surface area (Å²) in [5.74, 6) is -0.00327. The summed E-state index contributed by atoms with van der Waals surface area (Å²) in [7, 11) is -3.78. The van der Waals surface area contributed by atoms with Gasteiger partial charge in [-0.1, -0.05) is 29.0 Å². The van der Waals surface area contributed by atoms with Crippen LogP contribution in [0.4, 0.5) is 5.13 Å². The first-order valence-electron chi connectivity index (χ1n) is 7.79. The van der Waals surface area contributed by atoms with Crippen LogP contribution in [-0.4, -0.2) is 25.5 Å². The molecule has 0 saturated carbocycles. The first-order valence-corrected chi connectivity index (χ1v) is 10.1. The standard InChI is InChI=1S/C17H16N4O4S2/c1-11-5-7-14(8-6-11)27(23,24)21-17-19-12(2)15(26-17)16(22)20-18-10-13-4-3-9-25-13/h3-10H,1-2H3,(H,19,21)(H,20,22). The summed E-state index contributed by atoms with van der Waals surface area (Å²) in [5.41, 5.74) is 3.70. The number of hydrazone groups is 1. The monoisotopic (exact) mass is 404 g/mol. The number of benzene rings is 1. The van der Waals surface area contributed by atoms with E-state index in [1.807, 2.05) is 6.92 Å². The van der Waals surface area contributed by atoms with Gasteiger partial charge in [0, 0.05) is 0 Å². The van der Waals surface area contributed by atoms with Crippen molar-refractivity contribution in [2.75, 3.05) is 4.72 Å². The second-order valence-corrected chi connectivity index (χ2v) is 8.25. The van der Waals surface area contributed by atoms with Crippen LogP contribution in [0.3, 0.4) is 0 Å². The lowest BCUT2D eigenvalue weighted by atomic mass is 10.2. The molecule has 1 amide bonds. The molecule has 0 aliphatic carbocycles. The number of rotatable bonds is 6. The van der Waals surface area contributed by atoms with Crippen molar-refractivity contribution in [2.24, 2.45) is 5.10 Å². The van der Waals surface area contributed by atoms with Crippen molar-refractivity contribution >= 4 is 38.6 Å². The number of aromatic nitrogens is 1. The fourth-order valence-electron chi connectivity index (χ4n) is 2.11. The Morgan fingerprint density at radius 1 is 1.22 bits per heavy atom. The van der Waals surface area contributed by atoms with Gasteiger partial charge in [-0.2, -0.15) is 5.10 Å². The van der Waals surface area contributed by atoms with Gasteiger partial charge < -0.3 is 4.42 Å². The highest BCUT2D eigenvalue weighted by Gasteiger charge is 2.20. The molecule has 0 spiro atoms. The Bertz CT molecular complexity index is 1070. The number of amides is 1. The lowest BCUT2D eigenvalue weighted by Crippen LogP contribution is -2.17. The lowest BCUT2D eigenvalue weighted by Gasteiger charge is -2.05. The van der Waals surface area contributed by atoms with Crippen LogP contribution in [0, 0.1) is 13.8 Å². The first-order chi connectivity index (χ1) is 12.8. The zero-order chi connectivity index (χ0) is 19.4. The molecule has 3 rings (SSSR count). The highest BCUT2D eigenvalue weighted by atomic mass is 32.2. The van der Waals surface area contributed by atoms with Gasteiger partial charge in [-0.25, -0.2) is 18.8 Å². The largest absolute Gasteiger partial charge is 0.463 e. The molecule has 0 saturated heterocycles. The summed E-state index contributed by atoms with van der Waals surface area (Å²) in [5, 5.41) is 3.90. The summed E-state index contributed by atoms with van der Waals surface area (Å²) >= 11 is 0.929. The van der Waals surface area contributed by atoms with E-state index in [-0.39, 0.29) is 14.9 Å². The molecule has 0 radical (unpaired) electrons. The van der Waals surface area contributed by atoms with Gasteiger partial charge in [0.25, 0.3) is 15.9 Å². The first kappa shape index (κ1) is 18.8. The van der Waals surface area contributed by atoms with Crippen molar-refractivity contribution < 1.29 is 17.6 Å². The Morgan fingerprint density at radius 3 is 2.63 bits per heavy atom. The highest BCUT2D eigenvalue weighted by molar-refractivity contribution is 7.93. The summed E-state index contributed by atoms with van der Waals surface area (Å²) in [6.07, 6.45) is 2.85. The van der Waals surface area contributed by atoms with Gasteiger partial charge in [-0.3, -0.25) is 9.52 Å². The smallest absolute Gasteiger partial charge is 0.283 e. The van der Waals surface area contributed by atoms with Crippen LogP contribution in [0.2, 0.25) is 0 Å². The number of thiazole rings is 1. The van der Waals surface area contributed by atoms with Gasteiger partial charge >= 0.3 is 0 Å². The maximum Gasteiger partial charge on any atom is 0.283 e. The molecule has 0 bridgehead atoms. The Morgan fingerprint density at radius 2 is 1.96 bits per heavy atom. The number of furan rings is 1. The van der Waals surface area contributed by atoms with E-state index in [1.165, 1.54) is 24.6 Å². The number of sulfonamides is 1. The van der Waals surface area contributed by atoms with Crippen molar-refractivity contribution in [1.29, 1.82) is 0 Å². The number of nitrogens with one attached hydrogen (secondary N) is 2. The molecule has 3 aromatic rings. The number of anilines is 1. The molecule has 2 N–H and O–H groups in total. The second-order valence-electron chi connectivity index (χ2n) is 5.57. The van der Waals surface area contributed by atoms with Crippen molar-refractivity contribution in [2.45, 2.75) is 18.7 Å². The fraction of sp³-hybridized carbons (Fsp3) is 0.118. The summed E-state index contributed by atoms with van der Waals surface area (Å²) in [6, 6.07) is 9.81. The van der Waals surface area contributed by atoms with Crippen LogP contribution < -0.4 is 10.1 Å². The van der Waals surface area contributed by atoms with Crippen LogP contribution in [0.25, 0.3) is 0 Å². The Labute approximate surface area is 160 Å². The number of nitrogens with zero attached hydrogens (tertiary/aromatic N) is 2. The molecular formula is C17H16N4O4S2. The third-order valence-electron chi connectivity index (χ3n) is 3.46. The highest BCUT2D eigenvalue weighted by Crippen LogP contribution is 2.25. The van der Waals surface area contributed by atoms with Gasteiger partial charge in [-0.15, -0.1) is 0 Å². The SMILES string of the molecule is Cc1ccc(S(=O)(=O)Nc2nc(C)c(C(=O)NN=Cc3ccco3)s2)cc1. The maximum absolute atomic E-state index is 12.4. The van der Waals surface area contributed by atoms with Gasteiger partial charge in [-0.05, 0) is 38.1 Å². The second kappa shape index (κ2) is 7.72. The number of carbonyl (C=O) groups is 1. The Kier molecular flexibility index (Phi) is 5.38. The van der Waals surface area contributed by atoms with Gasteiger partial charge in [0.2, 0.25) is 0 Å². The number of carbonyl (C=O) groups excluding carboxylic acids is 1. The van der Waals surface area contributed by atoms with E-state index < -0.39 is 15.9 Å². The van der Waals surface area contributed by atoms with E-state index >= 15 is 0 Å². The molecule has 0 atom stereocenters. The molecule has 0 unspecified atom stereocenters. The predicted molar refractivity (Wildman–Crippen MR) is 103 cm³/mol. The quantitative estimate of drug-likeness (QED) is 0.484. The van der Waals surface area contributed by atoms with Crippen LogP contribution >= 0.6 is 11.3 Å². The third kappa shape index (κ3) is 4.60. The Balaban J connectivity index is 1.72. The molecule has 2 aromatic heterocycles. The minimum atomic E-state index is -3.78. The van der Waals surface area contributed by atoms with Gasteiger partial charge in [0.05, 0.1) is 23.1 Å². The Hall–Kier alpha value is -2.98. The van der Waals surface area contributed by atoms with Gasteiger partial charge in [0.15, 0.2) is 5.13 Å². The fourth-order valence-corrected chi connectivity index (χ4v) is 4.20. The van der Waals surface area contributed by atoms with Crippen molar-refractivity contribution in [3.05, 3.63) is 64.6 Å². The molecule has 1 aromatic carbocycles. The minimum absolute atomic E-state index is 0.105. The molecule has 27 heavy (non-hydrogen) atoms. The molecular weight excluding hydrogens is 388 g/mol. The van der Waals surface area contributed by atoms with Crippen LogP contribution in [0.15, 0.2) is 57.1 Å². The summed E-state index contributed by atoms with van der Waals surface area (Å²) in [4.78, 5) is 16.7. The molecule has 2 heterocycles. The van der Waals surface area contributed by atoms with E-state index in [2.05, 4.69) is 20.2 Å². The van der Waals surface area contributed by atoms with E-state index in [9.17, 15) is 13.2 Å². The third-order valence-corrected chi connectivity index (χ3v) is 6.01. The number of hydrogen-bond donors (Lipinski definition) is 2. The van der Waals surface area contributed by atoms with E-state index in [0.29, 0.717) is 11.5 Å². The zero-order valence-electron chi connectivity index (χ0n) is 14.5. The van der Waals surface area contributed by atoms with Crippen molar-refractivity contribution in [3.8, 4) is 0 Å². The van der Waals surface area contributed by atoms with Crippen LogP contribution in [0.1, 0.15) is 26.7 Å². The topological polar surface area (TPSA) is 114 Å². The molecule has 0 fully saturated rings. The number of hydrogen-bond acceptors (Lipinski definition) is 7. The molecule has 10 heteroatoms. The van der Waals surface area contributed by atoms with Crippen LogP contribution in [-0.2, 0) is 10.0 Å². The average molecular weight is 404 g/mol. The average Bonchev–Trinajstić information content (AvgIpc) is 3.24. The number of aryl methyl sites for hydroxylation is 2. The van der Waals surface area contributed by atoms with Gasteiger partial charge in [0.1, 0.15) is 10.6 Å². The minimum Gasteiger partial charge on any atom is -0.463 e. The zero-order valence-corrected chi connectivity index (χ0v) is 16.1. The lowest BCUT2D eigenvalue weighted by molar-refractivity contribution is 0.0958. The van der Waals surface area contributed by atoms with Crippen molar-refractivity contribution in [3.63, 3.8) is 0 Å². The summed E-state index contributed by atoms with van der Waals surface area (Å²) < 4.78 is 32.3. The van der Waals surface area contributed by atoms with E-state index in [4.69, 9.17) is 4.42 Å². The predicted octanol–water partition coefficient (Wildman–Crippen LogP) is 2.92. The molecule has 0 aliphatic rings.